The average Bonchev–Trinajstić information content (AvgIpc) is 3.13. The summed E-state index contributed by atoms with van der Waals surface area (Å²) in [6.45, 7) is 1.13. The van der Waals surface area contributed by atoms with Gasteiger partial charge in [-0.15, -0.1) is 11.3 Å². The van der Waals surface area contributed by atoms with Crippen LogP contribution in [-0.2, 0) is 17.9 Å². The molecule has 4 aromatic rings. The molecule has 1 aromatic carbocycles. The quantitative estimate of drug-likeness (QED) is 0.495. The Kier molecular flexibility index (Phi) is 5.09. The number of hydrogen-bond donors (Lipinski definition) is 0. The van der Waals surface area contributed by atoms with Gasteiger partial charge in [0.25, 0.3) is 0 Å². The maximum atomic E-state index is 5.27. The number of pyridine rings is 1. The van der Waals surface area contributed by atoms with Crippen LogP contribution in [0.5, 0.6) is 0 Å². The van der Waals surface area contributed by atoms with E-state index in [-0.39, 0.29) is 0 Å². The molecule has 0 fully saturated rings. The molecule has 27 heavy (non-hydrogen) atoms. The van der Waals surface area contributed by atoms with E-state index in [0.717, 1.165) is 28.1 Å². The Bertz CT molecular complexity index is 1030. The molecule has 0 N–H and O–H groups in total. The fraction of sp³-hybridized carbons (Fsp3) is 0.190. The van der Waals surface area contributed by atoms with Gasteiger partial charge in [-0.2, -0.15) is 0 Å². The molecule has 0 atom stereocenters. The number of rotatable bonds is 6. The topological polar surface area (TPSA) is 51.1 Å². The molecule has 5 nitrogen and oxygen atoms in total. The molecule has 0 aliphatic rings. The standard InChI is InChI=1S/C21H20N4OS/c1-25(12-15-8-10-22-11-9-15)20-19-17(16-6-4-3-5-7-16)14-27-21(19)24-18(23-20)13-26-2/h3-11,14H,12-13H2,1-2H3. The second-order valence-corrected chi connectivity index (χ2v) is 7.16. The van der Waals surface area contributed by atoms with Crippen LogP contribution in [0.15, 0.2) is 60.2 Å². The van der Waals surface area contributed by atoms with Crippen LogP contribution in [0, 0.1) is 0 Å². The minimum atomic E-state index is 0.393. The van der Waals surface area contributed by atoms with Gasteiger partial charge in [0.05, 0.1) is 5.39 Å². The van der Waals surface area contributed by atoms with Crippen LogP contribution in [0.4, 0.5) is 5.82 Å². The number of thiophene rings is 1. The van der Waals surface area contributed by atoms with Crippen molar-refractivity contribution in [3.05, 3.63) is 71.6 Å². The van der Waals surface area contributed by atoms with Crippen molar-refractivity contribution in [1.29, 1.82) is 0 Å². The van der Waals surface area contributed by atoms with Gasteiger partial charge in [-0.25, -0.2) is 9.97 Å². The van der Waals surface area contributed by atoms with Crippen molar-refractivity contribution in [3.8, 4) is 11.1 Å². The molecule has 0 bridgehead atoms. The Morgan fingerprint density at radius 1 is 1.04 bits per heavy atom. The van der Waals surface area contributed by atoms with E-state index < -0.39 is 0 Å². The number of methoxy groups -OCH3 is 1. The first-order valence-electron chi connectivity index (χ1n) is 8.69. The molecular weight excluding hydrogens is 356 g/mol. The average molecular weight is 376 g/mol. The van der Waals surface area contributed by atoms with Crippen LogP contribution in [0.2, 0.25) is 0 Å². The lowest BCUT2D eigenvalue weighted by molar-refractivity contribution is 0.178. The summed E-state index contributed by atoms with van der Waals surface area (Å²) in [7, 11) is 3.73. The summed E-state index contributed by atoms with van der Waals surface area (Å²) in [6.07, 6.45) is 3.63. The molecule has 0 unspecified atom stereocenters. The third-order valence-corrected chi connectivity index (χ3v) is 5.22. The van der Waals surface area contributed by atoms with E-state index in [2.05, 4.69) is 46.6 Å². The van der Waals surface area contributed by atoms with Gasteiger partial charge in [0.1, 0.15) is 17.3 Å². The molecule has 0 spiro atoms. The van der Waals surface area contributed by atoms with Gasteiger partial charge in [-0.05, 0) is 23.3 Å². The Morgan fingerprint density at radius 3 is 2.56 bits per heavy atom. The Labute approximate surface area is 162 Å². The smallest absolute Gasteiger partial charge is 0.158 e. The number of anilines is 1. The van der Waals surface area contributed by atoms with Gasteiger partial charge in [0.15, 0.2) is 5.82 Å². The van der Waals surface area contributed by atoms with Crippen LogP contribution in [-0.4, -0.2) is 29.1 Å². The maximum Gasteiger partial charge on any atom is 0.158 e. The first-order chi connectivity index (χ1) is 13.3. The van der Waals surface area contributed by atoms with E-state index in [1.807, 2.05) is 30.6 Å². The van der Waals surface area contributed by atoms with Gasteiger partial charge in [0, 0.05) is 44.0 Å². The molecule has 3 heterocycles. The van der Waals surface area contributed by atoms with E-state index in [0.29, 0.717) is 12.4 Å². The largest absolute Gasteiger partial charge is 0.377 e. The molecular formula is C21H20N4OS. The Balaban J connectivity index is 1.84. The van der Waals surface area contributed by atoms with E-state index >= 15 is 0 Å². The van der Waals surface area contributed by atoms with E-state index in [1.165, 1.54) is 11.1 Å². The number of hydrogen-bond acceptors (Lipinski definition) is 6. The first-order valence-corrected chi connectivity index (χ1v) is 9.56. The highest BCUT2D eigenvalue weighted by atomic mass is 32.1. The van der Waals surface area contributed by atoms with Crippen molar-refractivity contribution in [2.24, 2.45) is 0 Å². The third kappa shape index (κ3) is 3.67. The summed E-state index contributed by atoms with van der Waals surface area (Å²) in [5.74, 6) is 1.62. The summed E-state index contributed by atoms with van der Waals surface area (Å²) in [5.41, 5.74) is 3.52. The van der Waals surface area contributed by atoms with E-state index in [1.54, 1.807) is 18.4 Å². The van der Waals surface area contributed by atoms with E-state index in [4.69, 9.17) is 14.7 Å². The summed E-state index contributed by atoms with van der Waals surface area (Å²) in [4.78, 5) is 16.8. The van der Waals surface area contributed by atoms with Crippen LogP contribution >= 0.6 is 11.3 Å². The number of fused-ring (bicyclic) bond motifs is 1. The second-order valence-electron chi connectivity index (χ2n) is 6.30. The lowest BCUT2D eigenvalue weighted by atomic mass is 10.1. The first kappa shape index (κ1) is 17.6. The predicted octanol–water partition coefficient (Wildman–Crippen LogP) is 4.54. The highest BCUT2D eigenvalue weighted by molar-refractivity contribution is 7.17. The molecule has 4 rings (SSSR count). The summed E-state index contributed by atoms with van der Waals surface area (Å²) >= 11 is 1.64. The molecule has 0 amide bonds. The SMILES string of the molecule is COCc1nc(N(C)Cc2ccncc2)c2c(-c3ccccc3)csc2n1. The Morgan fingerprint density at radius 2 is 1.81 bits per heavy atom. The van der Waals surface area contributed by atoms with Crippen LogP contribution in [0.25, 0.3) is 21.3 Å². The molecule has 0 saturated heterocycles. The minimum Gasteiger partial charge on any atom is -0.377 e. The van der Waals surface area contributed by atoms with Crippen molar-refractivity contribution < 1.29 is 4.74 Å². The monoisotopic (exact) mass is 376 g/mol. The van der Waals surface area contributed by atoms with Gasteiger partial charge in [-0.1, -0.05) is 30.3 Å². The summed E-state index contributed by atoms with van der Waals surface area (Å²) < 4.78 is 5.27. The zero-order valence-corrected chi connectivity index (χ0v) is 16.1. The molecule has 3 aromatic heterocycles. The summed E-state index contributed by atoms with van der Waals surface area (Å²) in [6, 6.07) is 14.4. The highest BCUT2D eigenvalue weighted by Crippen LogP contribution is 2.38. The highest BCUT2D eigenvalue weighted by Gasteiger charge is 2.18. The molecule has 6 heteroatoms. The van der Waals surface area contributed by atoms with Gasteiger partial charge < -0.3 is 9.64 Å². The van der Waals surface area contributed by atoms with Gasteiger partial charge in [-0.3, -0.25) is 4.98 Å². The summed E-state index contributed by atoms with van der Waals surface area (Å²) in [5, 5.41) is 3.25. The predicted molar refractivity (Wildman–Crippen MR) is 110 cm³/mol. The van der Waals surface area contributed by atoms with Gasteiger partial charge >= 0.3 is 0 Å². The molecule has 0 saturated carbocycles. The van der Waals surface area contributed by atoms with Gasteiger partial charge in [0.2, 0.25) is 0 Å². The van der Waals surface area contributed by atoms with Crippen molar-refractivity contribution in [2.75, 3.05) is 19.1 Å². The van der Waals surface area contributed by atoms with Crippen molar-refractivity contribution in [3.63, 3.8) is 0 Å². The number of benzene rings is 1. The lowest BCUT2D eigenvalue weighted by Gasteiger charge is -2.20. The molecule has 0 aliphatic heterocycles. The zero-order chi connectivity index (χ0) is 18.6. The third-order valence-electron chi connectivity index (χ3n) is 4.35. The van der Waals surface area contributed by atoms with Crippen LogP contribution in [0.3, 0.4) is 0 Å². The van der Waals surface area contributed by atoms with Crippen LogP contribution < -0.4 is 4.90 Å². The van der Waals surface area contributed by atoms with E-state index in [9.17, 15) is 0 Å². The molecule has 136 valence electrons. The Hall–Kier alpha value is -2.83. The second kappa shape index (κ2) is 7.82. The minimum absolute atomic E-state index is 0.393. The fourth-order valence-electron chi connectivity index (χ4n) is 3.10. The number of nitrogens with zero attached hydrogens (tertiary/aromatic N) is 4. The molecule has 0 aliphatic carbocycles. The molecule has 0 radical (unpaired) electrons. The fourth-order valence-corrected chi connectivity index (χ4v) is 4.06. The van der Waals surface area contributed by atoms with Crippen molar-refractivity contribution >= 4 is 27.4 Å². The van der Waals surface area contributed by atoms with Crippen LogP contribution in [0.1, 0.15) is 11.4 Å². The lowest BCUT2D eigenvalue weighted by Crippen LogP contribution is -2.19. The maximum absolute atomic E-state index is 5.27. The number of ether oxygens (including phenoxy) is 1. The van der Waals surface area contributed by atoms with Crippen molar-refractivity contribution in [1.82, 2.24) is 15.0 Å². The zero-order valence-electron chi connectivity index (χ0n) is 15.3. The normalized spacial score (nSPS) is 11.0. The van der Waals surface area contributed by atoms with Crippen molar-refractivity contribution in [2.45, 2.75) is 13.2 Å². The number of aromatic nitrogens is 3.